The molecule has 2 aromatic heterocycles. The van der Waals surface area contributed by atoms with Crippen LogP contribution in [0.1, 0.15) is 40.5 Å². The number of pyridine rings is 1. The van der Waals surface area contributed by atoms with Crippen molar-refractivity contribution in [3.8, 4) is 11.3 Å². The van der Waals surface area contributed by atoms with Crippen LogP contribution in [0.3, 0.4) is 0 Å². The molecule has 1 fully saturated rings. The van der Waals surface area contributed by atoms with Gasteiger partial charge in [-0.05, 0) is 25.0 Å². The van der Waals surface area contributed by atoms with Crippen LogP contribution in [0.5, 0.6) is 0 Å². The van der Waals surface area contributed by atoms with E-state index >= 15 is 0 Å². The van der Waals surface area contributed by atoms with E-state index in [1.54, 1.807) is 11.3 Å². The van der Waals surface area contributed by atoms with Crippen molar-refractivity contribution in [3.63, 3.8) is 0 Å². The average Bonchev–Trinajstić information content (AvgIpc) is 3.44. The number of hydrogen-bond donors (Lipinski definition) is 1. The van der Waals surface area contributed by atoms with Crippen molar-refractivity contribution in [2.75, 3.05) is 12.4 Å². The van der Waals surface area contributed by atoms with Gasteiger partial charge in [0.2, 0.25) is 0 Å². The molecule has 0 atom stereocenters. The zero-order valence-corrected chi connectivity index (χ0v) is 15.3. The Bertz CT molecular complexity index is 920. The Hall–Kier alpha value is -2.73. The van der Waals surface area contributed by atoms with E-state index in [0.717, 1.165) is 40.6 Å². The van der Waals surface area contributed by atoms with E-state index in [1.165, 1.54) is 7.11 Å². The molecule has 1 aliphatic carbocycles. The van der Waals surface area contributed by atoms with E-state index < -0.39 is 0 Å². The van der Waals surface area contributed by atoms with Gasteiger partial charge in [0, 0.05) is 16.9 Å². The summed E-state index contributed by atoms with van der Waals surface area (Å²) in [6.07, 6.45) is 2.17. The summed E-state index contributed by atoms with van der Waals surface area (Å²) in [4.78, 5) is 21.2. The second-order valence-corrected chi connectivity index (χ2v) is 7.12. The summed E-state index contributed by atoms with van der Waals surface area (Å²) in [6.45, 7) is 0.572. The van der Waals surface area contributed by atoms with Crippen molar-refractivity contribution in [2.24, 2.45) is 0 Å². The highest BCUT2D eigenvalue weighted by Gasteiger charge is 2.30. The third-order valence-corrected chi connectivity index (χ3v) is 5.15. The van der Waals surface area contributed by atoms with E-state index in [4.69, 9.17) is 9.72 Å². The molecule has 6 heteroatoms. The van der Waals surface area contributed by atoms with Crippen molar-refractivity contribution in [1.29, 1.82) is 0 Å². The molecule has 2 heterocycles. The third kappa shape index (κ3) is 3.60. The molecule has 0 amide bonds. The fraction of sp³-hybridized carbons (Fsp3) is 0.250. The highest BCUT2D eigenvalue weighted by atomic mass is 32.1. The standard InChI is InChI=1S/C20H19N3O2S/c1-25-19(24)16-10-9-15(22-18(16)14-7-8-14)11-21-20-23-17(12-26-20)13-5-3-2-4-6-13/h2-6,9-10,12,14H,7-8,11H2,1H3,(H,21,23). The summed E-state index contributed by atoms with van der Waals surface area (Å²) in [5, 5.41) is 6.23. The number of ether oxygens (including phenoxy) is 1. The van der Waals surface area contributed by atoms with Crippen LogP contribution in [-0.2, 0) is 11.3 Å². The molecule has 0 bridgehead atoms. The van der Waals surface area contributed by atoms with Gasteiger partial charge in [0.1, 0.15) is 0 Å². The van der Waals surface area contributed by atoms with E-state index in [2.05, 4.69) is 10.3 Å². The number of carbonyl (C=O) groups excluding carboxylic acids is 1. The summed E-state index contributed by atoms with van der Waals surface area (Å²) in [7, 11) is 1.40. The lowest BCUT2D eigenvalue weighted by molar-refractivity contribution is 0.0598. The van der Waals surface area contributed by atoms with Gasteiger partial charge < -0.3 is 10.1 Å². The molecule has 5 nitrogen and oxygen atoms in total. The number of methoxy groups -OCH3 is 1. The molecule has 132 valence electrons. The van der Waals surface area contributed by atoms with Crippen LogP contribution in [0, 0.1) is 0 Å². The zero-order chi connectivity index (χ0) is 17.9. The molecular weight excluding hydrogens is 346 g/mol. The monoisotopic (exact) mass is 365 g/mol. The summed E-state index contributed by atoms with van der Waals surface area (Å²) < 4.78 is 4.87. The highest BCUT2D eigenvalue weighted by Crippen LogP contribution is 2.40. The number of nitrogens with zero attached hydrogens (tertiary/aromatic N) is 2. The second-order valence-electron chi connectivity index (χ2n) is 6.26. The molecule has 1 aromatic carbocycles. The molecular formula is C20H19N3O2S. The predicted molar refractivity (Wildman–Crippen MR) is 102 cm³/mol. The maximum Gasteiger partial charge on any atom is 0.339 e. The lowest BCUT2D eigenvalue weighted by Crippen LogP contribution is -2.10. The van der Waals surface area contributed by atoms with E-state index in [1.807, 2.05) is 47.8 Å². The molecule has 0 saturated heterocycles. The van der Waals surface area contributed by atoms with Crippen molar-refractivity contribution in [2.45, 2.75) is 25.3 Å². The van der Waals surface area contributed by atoms with Crippen LogP contribution in [-0.4, -0.2) is 23.0 Å². The number of benzene rings is 1. The molecule has 26 heavy (non-hydrogen) atoms. The number of hydrogen-bond acceptors (Lipinski definition) is 6. The molecule has 0 spiro atoms. The van der Waals surface area contributed by atoms with Gasteiger partial charge in [0.15, 0.2) is 5.13 Å². The molecule has 1 saturated carbocycles. The first-order chi connectivity index (χ1) is 12.7. The SMILES string of the molecule is COC(=O)c1ccc(CNc2nc(-c3ccccc3)cs2)nc1C1CC1. The van der Waals surface area contributed by atoms with Crippen LogP contribution in [0.2, 0.25) is 0 Å². The molecule has 0 aliphatic heterocycles. The first-order valence-corrected chi connectivity index (χ1v) is 9.45. The van der Waals surface area contributed by atoms with Crippen LogP contribution < -0.4 is 5.32 Å². The Balaban J connectivity index is 1.47. The van der Waals surface area contributed by atoms with E-state index in [0.29, 0.717) is 18.0 Å². The number of esters is 1. The van der Waals surface area contributed by atoms with Crippen molar-refractivity contribution in [3.05, 3.63) is 64.8 Å². The minimum Gasteiger partial charge on any atom is -0.465 e. The lowest BCUT2D eigenvalue weighted by atomic mass is 10.1. The Morgan fingerprint density at radius 1 is 1.19 bits per heavy atom. The van der Waals surface area contributed by atoms with Gasteiger partial charge in [-0.25, -0.2) is 9.78 Å². The molecule has 0 unspecified atom stereocenters. The highest BCUT2D eigenvalue weighted by molar-refractivity contribution is 7.14. The third-order valence-electron chi connectivity index (χ3n) is 4.35. The van der Waals surface area contributed by atoms with Crippen LogP contribution in [0.4, 0.5) is 5.13 Å². The van der Waals surface area contributed by atoms with Gasteiger partial charge in [-0.3, -0.25) is 4.98 Å². The molecule has 1 N–H and O–H groups in total. The van der Waals surface area contributed by atoms with Crippen LogP contribution >= 0.6 is 11.3 Å². The smallest absolute Gasteiger partial charge is 0.339 e. The maximum absolute atomic E-state index is 11.9. The quantitative estimate of drug-likeness (QED) is 0.653. The molecule has 1 aliphatic rings. The van der Waals surface area contributed by atoms with E-state index in [-0.39, 0.29) is 5.97 Å². The zero-order valence-electron chi connectivity index (χ0n) is 14.4. The van der Waals surface area contributed by atoms with Crippen LogP contribution in [0.15, 0.2) is 47.8 Å². The minimum atomic E-state index is -0.314. The number of aromatic nitrogens is 2. The second kappa shape index (κ2) is 7.25. The predicted octanol–water partition coefficient (Wildman–Crippen LogP) is 4.48. The molecule has 4 rings (SSSR count). The van der Waals surface area contributed by atoms with Gasteiger partial charge >= 0.3 is 5.97 Å². The molecule has 3 aromatic rings. The number of anilines is 1. The Morgan fingerprint density at radius 2 is 2.00 bits per heavy atom. The largest absolute Gasteiger partial charge is 0.465 e. The number of nitrogens with one attached hydrogen (secondary N) is 1. The van der Waals surface area contributed by atoms with Gasteiger partial charge in [0.05, 0.1) is 36.3 Å². The van der Waals surface area contributed by atoms with E-state index in [9.17, 15) is 4.79 Å². The fourth-order valence-electron chi connectivity index (χ4n) is 2.83. The van der Waals surface area contributed by atoms with Gasteiger partial charge in [-0.1, -0.05) is 30.3 Å². The Morgan fingerprint density at radius 3 is 2.73 bits per heavy atom. The van der Waals surface area contributed by atoms with Gasteiger partial charge in [-0.15, -0.1) is 11.3 Å². The maximum atomic E-state index is 11.9. The number of thiazole rings is 1. The summed E-state index contributed by atoms with van der Waals surface area (Å²) >= 11 is 1.57. The van der Waals surface area contributed by atoms with Gasteiger partial charge in [-0.2, -0.15) is 0 Å². The van der Waals surface area contributed by atoms with Crippen molar-refractivity contribution >= 4 is 22.4 Å². The molecule has 0 radical (unpaired) electrons. The summed E-state index contributed by atoms with van der Waals surface area (Å²) in [5.41, 5.74) is 4.41. The first kappa shape index (κ1) is 16.7. The van der Waals surface area contributed by atoms with Crippen molar-refractivity contribution in [1.82, 2.24) is 9.97 Å². The first-order valence-electron chi connectivity index (χ1n) is 8.57. The Labute approximate surface area is 156 Å². The topological polar surface area (TPSA) is 64.1 Å². The Kier molecular flexibility index (Phi) is 4.67. The summed E-state index contributed by atoms with van der Waals surface area (Å²) in [6, 6.07) is 13.8. The normalized spacial score (nSPS) is 13.4. The lowest BCUT2D eigenvalue weighted by Gasteiger charge is -2.09. The number of rotatable bonds is 6. The van der Waals surface area contributed by atoms with Crippen molar-refractivity contribution < 1.29 is 9.53 Å². The van der Waals surface area contributed by atoms with Gasteiger partial charge in [0.25, 0.3) is 0 Å². The fourth-order valence-corrected chi connectivity index (χ4v) is 3.55. The number of carbonyl (C=O) groups is 1. The minimum absolute atomic E-state index is 0.314. The van der Waals surface area contributed by atoms with Crippen LogP contribution in [0.25, 0.3) is 11.3 Å². The summed E-state index contributed by atoms with van der Waals surface area (Å²) in [5.74, 6) is 0.0694. The average molecular weight is 365 g/mol.